The number of carbonyl (C=O) groups is 2. The van der Waals surface area contributed by atoms with Crippen molar-refractivity contribution in [2.24, 2.45) is 11.7 Å². The second-order valence-electron chi connectivity index (χ2n) is 4.11. The lowest BCUT2D eigenvalue weighted by molar-refractivity contribution is -0.145. The number of hydrogen-bond acceptors (Lipinski definition) is 5. The second-order valence-corrected chi connectivity index (χ2v) is 4.11. The molecule has 0 aromatic carbocycles. The standard InChI is InChI=1S/C8H14N2O3.C2H7BO2.C2H6/c9-4-7(11)10-3-1-2-6(5-10)8(12)13;1-2-3(4)5;1-2/h6H,1-5,9H2,(H,12,13);4-5H,2H2,1H3;1-2H3/t6-;;/m0../s1. The number of piperidine rings is 1. The van der Waals surface area contributed by atoms with Crippen LogP contribution in [0.25, 0.3) is 0 Å². The lowest BCUT2D eigenvalue weighted by Gasteiger charge is -2.30. The average molecular weight is 290 g/mol. The Morgan fingerprint density at radius 2 is 1.85 bits per heavy atom. The maximum atomic E-state index is 11.1. The topological polar surface area (TPSA) is 124 Å². The van der Waals surface area contributed by atoms with Gasteiger partial charge in [-0.3, -0.25) is 9.59 Å². The molecule has 0 spiro atoms. The predicted molar refractivity (Wildman–Crippen MR) is 78.0 cm³/mol. The normalized spacial score (nSPS) is 17.1. The number of nitrogens with two attached hydrogens (primary N) is 1. The van der Waals surface area contributed by atoms with E-state index >= 15 is 0 Å². The van der Waals surface area contributed by atoms with Gasteiger partial charge in [0.05, 0.1) is 12.5 Å². The molecule has 20 heavy (non-hydrogen) atoms. The molecule has 1 amide bonds. The molecule has 0 aliphatic carbocycles. The molecule has 7 nitrogen and oxygen atoms in total. The zero-order valence-electron chi connectivity index (χ0n) is 12.6. The molecule has 1 atom stereocenters. The maximum absolute atomic E-state index is 11.1. The van der Waals surface area contributed by atoms with E-state index in [-0.39, 0.29) is 12.5 Å². The summed E-state index contributed by atoms with van der Waals surface area (Å²) in [5.74, 6) is -1.40. The van der Waals surface area contributed by atoms with Crippen LogP contribution in [0.2, 0.25) is 6.32 Å². The van der Waals surface area contributed by atoms with Gasteiger partial charge in [-0.15, -0.1) is 0 Å². The monoisotopic (exact) mass is 290 g/mol. The number of hydrogen-bond donors (Lipinski definition) is 4. The molecule has 118 valence electrons. The Labute approximate surface area is 120 Å². The van der Waals surface area contributed by atoms with Crippen LogP contribution in [0.3, 0.4) is 0 Å². The van der Waals surface area contributed by atoms with Crippen LogP contribution in [-0.2, 0) is 9.59 Å². The van der Waals surface area contributed by atoms with Crippen LogP contribution in [0.1, 0.15) is 33.6 Å². The van der Waals surface area contributed by atoms with Gasteiger partial charge in [-0.1, -0.05) is 20.8 Å². The van der Waals surface area contributed by atoms with E-state index in [1.165, 1.54) is 4.90 Å². The molecule has 1 heterocycles. The SMILES string of the molecule is CC.CCB(O)O.NCC(=O)N1CCC[C@H](C(=O)O)C1. The maximum Gasteiger partial charge on any atom is 0.451 e. The van der Waals surface area contributed by atoms with Gasteiger partial charge < -0.3 is 25.8 Å². The second kappa shape index (κ2) is 12.9. The van der Waals surface area contributed by atoms with E-state index in [1.54, 1.807) is 6.92 Å². The fourth-order valence-electron chi connectivity index (χ4n) is 1.53. The molecule has 1 fully saturated rings. The zero-order chi connectivity index (χ0) is 16.1. The highest BCUT2D eigenvalue weighted by molar-refractivity contribution is 6.40. The van der Waals surface area contributed by atoms with Crippen LogP contribution in [-0.4, -0.2) is 58.7 Å². The largest absolute Gasteiger partial charge is 0.481 e. The number of amides is 1. The Morgan fingerprint density at radius 3 is 2.20 bits per heavy atom. The third-order valence-electron chi connectivity index (χ3n) is 2.66. The first kappa shape index (κ1) is 21.2. The van der Waals surface area contributed by atoms with E-state index in [9.17, 15) is 9.59 Å². The summed E-state index contributed by atoms with van der Waals surface area (Å²) >= 11 is 0. The smallest absolute Gasteiger partial charge is 0.451 e. The van der Waals surface area contributed by atoms with Crippen molar-refractivity contribution in [1.82, 2.24) is 4.90 Å². The fourth-order valence-corrected chi connectivity index (χ4v) is 1.53. The van der Waals surface area contributed by atoms with Gasteiger partial charge in [0, 0.05) is 13.1 Å². The summed E-state index contributed by atoms with van der Waals surface area (Å²) in [6, 6.07) is 0. The van der Waals surface area contributed by atoms with E-state index in [0.717, 1.165) is 6.42 Å². The van der Waals surface area contributed by atoms with Crippen molar-refractivity contribution in [2.75, 3.05) is 19.6 Å². The minimum Gasteiger partial charge on any atom is -0.481 e. The average Bonchev–Trinajstić information content (AvgIpc) is 2.49. The molecule has 0 saturated carbocycles. The van der Waals surface area contributed by atoms with Gasteiger partial charge in [0.1, 0.15) is 0 Å². The molecule has 0 unspecified atom stereocenters. The number of nitrogens with zero attached hydrogens (tertiary/aromatic N) is 1. The lowest BCUT2D eigenvalue weighted by atomic mass is 9.88. The number of carbonyl (C=O) groups excluding carboxylic acids is 1. The Morgan fingerprint density at radius 1 is 1.35 bits per heavy atom. The van der Waals surface area contributed by atoms with Crippen LogP contribution in [0.15, 0.2) is 0 Å². The molecular weight excluding hydrogens is 263 g/mol. The van der Waals surface area contributed by atoms with Crippen molar-refractivity contribution < 1.29 is 24.7 Å². The molecule has 1 aliphatic rings. The van der Waals surface area contributed by atoms with Crippen LogP contribution in [0, 0.1) is 5.92 Å². The minimum absolute atomic E-state index is 0.0354. The number of aliphatic carboxylic acids is 1. The fraction of sp³-hybridized carbons (Fsp3) is 0.833. The number of rotatable bonds is 3. The van der Waals surface area contributed by atoms with Crippen LogP contribution < -0.4 is 5.73 Å². The van der Waals surface area contributed by atoms with Gasteiger partial charge in [-0.2, -0.15) is 0 Å². The number of likely N-dealkylation sites (tertiary alicyclic amines) is 1. The van der Waals surface area contributed by atoms with Gasteiger partial charge in [0.2, 0.25) is 5.91 Å². The van der Waals surface area contributed by atoms with Crippen molar-refractivity contribution in [3.05, 3.63) is 0 Å². The highest BCUT2D eigenvalue weighted by Gasteiger charge is 2.27. The molecule has 1 rings (SSSR count). The Kier molecular flexibility index (Phi) is 13.7. The first-order chi connectivity index (χ1) is 9.42. The van der Waals surface area contributed by atoms with Crippen molar-refractivity contribution in [1.29, 1.82) is 0 Å². The van der Waals surface area contributed by atoms with Gasteiger partial charge >= 0.3 is 13.1 Å². The number of carboxylic acid groups (broad SMARTS) is 1. The van der Waals surface area contributed by atoms with Crippen LogP contribution in [0.4, 0.5) is 0 Å². The molecule has 1 aliphatic heterocycles. The minimum atomic E-state index is -1.12. The molecule has 0 aromatic rings. The summed E-state index contributed by atoms with van der Waals surface area (Å²) in [7, 11) is -1.12. The van der Waals surface area contributed by atoms with E-state index in [0.29, 0.717) is 25.8 Å². The molecule has 0 bridgehead atoms. The van der Waals surface area contributed by atoms with Gasteiger partial charge in [0.25, 0.3) is 0 Å². The summed E-state index contributed by atoms with van der Waals surface area (Å²) in [5, 5.41) is 24.6. The molecule has 0 aromatic heterocycles. The third kappa shape index (κ3) is 9.77. The Hall–Kier alpha value is -1.12. The first-order valence-electron chi connectivity index (χ1n) is 6.99. The van der Waals surface area contributed by atoms with Crippen molar-refractivity contribution in [3.63, 3.8) is 0 Å². The highest BCUT2D eigenvalue weighted by Crippen LogP contribution is 2.16. The lowest BCUT2D eigenvalue weighted by Crippen LogP contribution is -2.44. The van der Waals surface area contributed by atoms with Crippen LogP contribution in [0.5, 0.6) is 0 Å². The quantitative estimate of drug-likeness (QED) is 0.532. The predicted octanol–water partition coefficient (Wildman–Crippen LogP) is -0.226. The van der Waals surface area contributed by atoms with Crippen LogP contribution >= 0.6 is 0 Å². The van der Waals surface area contributed by atoms with E-state index < -0.39 is 19.0 Å². The Bertz CT molecular complexity index is 277. The van der Waals surface area contributed by atoms with Crippen molar-refractivity contribution in [2.45, 2.75) is 39.9 Å². The molecule has 8 heteroatoms. The summed E-state index contributed by atoms with van der Waals surface area (Å²) in [6.07, 6.45) is 1.83. The Balaban J connectivity index is 0. The van der Waals surface area contributed by atoms with Crippen molar-refractivity contribution >= 4 is 19.0 Å². The summed E-state index contributed by atoms with van der Waals surface area (Å²) in [4.78, 5) is 23.3. The summed E-state index contributed by atoms with van der Waals surface area (Å²) < 4.78 is 0. The molecule has 5 N–H and O–H groups in total. The van der Waals surface area contributed by atoms with Gasteiger partial charge in [-0.25, -0.2) is 0 Å². The van der Waals surface area contributed by atoms with E-state index in [2.05, 4.69) is 0 Å². The summed E-state index contributed by atoms with van der Waals surface area (Å²) in [6.45, 7) is 6.61. The van der Waals surface area contributed by atoms with Crippen molar-refractivity contribution in [3.8, 4) is 0 Å². The molecule has 1 saturated heterocycles. The van der Waals surface area contributed by atoms with E-state index in [1.807, 2.05) is 13.8 Å². The summed E-state index contributed by atoms with van der Waals surface area (Å²) in [5.41, 5.74) is 5.19. The zero-order valence-corrected chi connectivity index (χ0v) is 12.6. The third-order valence-corrected chi connectivity index (χ3v) is 2.66. The van der Waals surface area contributed by atoms with E-state index in [4.69, 9.17) is 20.9 Å². The molecule has 0 radical (unpaired) electrons. The molecular formula is C12H27BN2O5. The highest BCUT2D eigenvalue weighted by atomic mass is 16.4. The first-order valence-corrected chi connectivity index (χ1v) is 6.99. The van der Waals surface area contributed by atoms with Gasteiger partial charge in [-0.05, 0) is 19.2 Å². The van der Waals surface area contributed by atoms with Gasteiger partial charge in [0.15, 0.2) is 0 Å². The number of carboxylic acids is 1.